The second kappa shape index (κ2) is 4.99. The summed E-state index contributed by atoms with van der Waals surface area (Å²) in [5.41, 5.74) is 4.77. The monoisotopic (exact) mass is 220 g/mol. The van der Waals surface area contributed by atoms with Crippen LogP contribution in [0.25, 0.3) is 0 Å². The van der Waals surface area contributed by atoms with E-state index in [-0.39, 0.29) is 11.8 Å². The number of carbonyl (C=O) groups is 1. The number of benzene rings is 1. The van der Waals surface area contributed by atoms with E-state index in [9.17, 15) is 4.79 Å². The van der Waals surface area contributed by atoms with Crippen LogP contribution in [0.2, 0.25) is 0 Å². The molecule has 0 saturated heterocycles. The number of nitrogens with one attached hydrogen (secondary N) is 2. The lowest BCUT2D eigenvalue weighted by Gasteiger charge is -2.24. The summed E-state index contributed by atoms with van der Waals surface area (Å²) < 4.78 is 0. The van der Waals surface area contributed by atoms with Crippen molar-refractivity contribution in [2.45, 2.75) is 13.3 Å². The Bertz CT molecular complexity index is 379. The van der Waals surface area contributed by atoms with E-state index >= 15 is 0 Å². The molecule has 2 N–H and O–H groups in total. The Kier molecular flexibility index (Phi) is 3.41. The molecule has 86 valence electrons. The fourth-order valence-corrected chi connectivity index (χ4v) is 1.85. The first-order chi connectivity index (χ1) is 7.81. The van der Waals surface area contributed by atoms with E-state index in [1.807, 2.05) is 31.2 Å². The normalized spacial score (nSPS) is 18.4. The Morgan fingerprint density at radius 1 is 1.56 bits per heavy atom. The van der Waals surface area contributed by atoms with Gasteiger partial charge in [-0.3, -0.25) is 9.63 Å². The van der Waals surface area contributed by atoms with Crippen molar-refractivity contribution in [2.24, 2.45) is 5.92 Å². The van der Waals surface area contributed by atoms with Crippen molar-refractivity contribution in [2.75, 3.05) is 18.5 Å². The first-order valence-corrected chi connectivity index (χ1v) is 5.54. The third-order valence-corrected chi connectivity index (χ3v) is 2.71. The number of fused-ring (bicyclic) bond motifs is 1. The van der Waals surface area contributed by atoms with Gasteiger partial charge in [0.05, 0.1) is 12.5 Å². The molecule has 0 spiro atoms. The van der Waals surface area contributed by atoms with Gasteiger partial charge in [-0.2, -0.15) is 0 Å². The van der Waals surface area contributed by atoms with Crippen LogP contribution >= 0.6 is 0 Å². The predicted octanol–water partition coefficient (Wildman–Crippen LogP) is 1.34. The van der Waals surface area contributed by atoms with E-state index in [0.717, 1.165) is 12.1 Å². The lowest BCUT2D eigenvalue weighted by atomic mass is 9.93. The Morgan fingerprint density at radius 2 is 2.38 bits per heavy atom. The number of para-hydroxylation sites is 1. The lowest BCUT2D eigenvalue weighted by molar-refractivity contribution is -0.137. The number of amides is 1. The van der Waals surface area contributed by atoms with Gasteiger partial charge in [0.1, 0.15) is 0 Å². The summed E-state index contributed by atoms with van der Waals surface area (Å²) in [6.07, 6.45) is 0.766. The van der Waals surface area contributed by atoms with E-state index < -0.39 is 0 Å². The molecular weight excluding hydrogens is 204 g/mol. The summed E-state index contributed by atoms with van der Waals surface area (Å²) in [4.78, 5) is 16.6. The second-order valence-corrected chi connectivity index (χ2v) is 3.84. The molecular formula is C12H16N2O2. The van der Waals surface area contributed by atoms with E-state index in [1.54, 1.807) is 0 Å². The lowest BCUT2D eigenvalue weighted by Crippen LogP contribution is -2.38. The molecule has 1 unspecified atom stereocenters. The van der Waals surface area contributed by atoms with Crippen molar-refractivity contribution in [1.29, 1.82) is 0 Å². The van der Waals surface area contributed by atoms with Gasteiger partial charge >= 0.3 is 0 Å². The molecule has 1 atom stereocenters. The Labute approximate surface area is 94.9 Å². The Balaban J connectivity index is 1.99. The number of hydrogen-bond donors (Lipinski definition) is 2. The minimum Gasteiger partial charge on any atom is -0.384 e. The molecule has 1 aliphatic rings. The summed E-state index contributed by atoms with van der Waals surface area (Å²) in [5, 5.41) is 3.25. The highest BCUT2D eigenvalue weighted by atomic mass is 16.6. The van der Waals surface area contributed by atoms with Gasteiger partial charge in [-0.25, -0.2) is 5.48 Å². The van der Waals surface area contributed by atoms with Crippen molar-refractivity contribution in [1.82, 2.24) is 5.48 Å². The van der Waals surface area contributed by atoms with Crippen LogP contribution in [-0.2, 0) is 16.1 Å². The number of hydrogen-bond acceptors (Lipinski definition) is 3. The molecule has 0 bridgehead atoms. The fraction of sp³-hybridized carbons (Fsp3) is 0.417. The molecule has 1 heterocycles. The maximum absolute atomic E-state index is 11.7. The molecule has 4 heteroatoms. The van der Waals surface area contributed by atoms with E-state index in [0.29, 0.717) is 13.2 Å². The molecule has 1 aromatic rings. The molecule has 0 fully saturated rings. The maximum atomic E-state index is 11.7. The highest BCUT2D eigenvalue weighted by molar-refractivity contribution is 5.79. The highest BCUT2D eigenvalue weighted by Crippen LogP contribution is 2.24. The van der Waals surface area contributed by atoms with Gasteiger partial charge in [0, 0.05) is 12.2 Å². The summed E-state index contributed by atoms with van der Waals surface area (Å²) in [6, 6.07) is 8.06. The Morgan fingerprint density at radius 3 is 3.19 bits per heavy atom. The first-order valence-electron chi connectivity index (χ1n) is 5.54. The van der Waals surface area contributed by atoms with Crippen LogP contribution in [0.5, 0.6) is 0 Å². The SMILES string of the molecule is CCONC(=O)C1CNc2ccccc2C1. The van der Waals surface area contributed by atoms with Crippen LogP contribution in [0.1, 0.15) is 12.5 Å². The van der Waals surface area contributed by atoms with Crippen LogP contribution in [0, 0.1) is 5.92 Å². The smallest absolute Gasteiger partial charge is 0.248 e. The standard InChI is InChI=1S/C12H16N2O2/c1-2-16-14-12(15)10-7-9-5-3-4-6-11(9)13-8-10/h3-6,10,13H,2,7-8H2,1H3,(H,14,15). The number of rotatable bonds is 3. The van der Waals surface area contributed by atoms with Gasteiger partial charge in [-0.1, -0.05) is 18.2 Å². The van der Waals surface area contributed by atoms with Gasteiger partial charge < -0.3 is 5.32 Å². The number of carbonyl (C=O) groups excluding carboxylic acids is 1. The summed E-state index contributed by atoms with van der Waals surface area (Å²) in [6.45, 7) is 2.99. The van der Waals surface area contributed by atoms with Crippen LogP contribution in [0.4, 0.5) is 5.69 Å². The molecule has 0 radical (unpaired) electrons. The van der Waals surface area contributed by atoms with Gasteiger partial charge in [-0.15, -0.1) is 0 Å². The van der Waals surface area contributed by atoms with Crippen molar-refractivity contribution < 1.29 is 9.63 Å². The Hall–Kier alpha value is -1.55. The molecule has 0 saturated carbocycles. The quantitative estimate of drug-likeness (QED) is 0.756. The van der Waals surface area contributed by atoms with E-state index in [2.05, 4.69) is 10.8 Å². The predicted molar refractivity (Wildman–Crippen MR) is 61.9 cm³/mol. The molecule has 2 rings (SSSR count). The summed E-state index contributed by atoms with van der Waals surface area (Å²) in [7, 11) is 0. The van der Waals surface area contributed by atoms with Crippen LogP contribution in [0.3, 0.4) is 0 Å². The van der Waals surface area contributed by atoms with Gasteiger partial charge in [-0.05, 0) is 25.0 Å². The van der Waals surface area contributed by atoms with Crippen LogP contribution in [-0.4, -0.2) is 19.1 Å². The average Bonchev–Trinajstić information content (AvgIpc) is 2.35. The molecule has 1 aromatic carbocycles. The zero-order chi connectivity index (χ0) is 11.4. The zero-order valence-electron chi connectivity index (χ0n) is 9.32. The summed E-state index contributed by atoms with van der Waals surface area (Å²) >= 11 is 0. The molecule has 16 heavy (non-hydrogen) atoms. The van der Waals surface area contributed by atoms with E-state index in [1.165, 1.54) is 5.56 Å². The van der Waals surface area contributed by atoms with Crippen molar-refractivity contribution in [3.05, 3.63) is 29.8 Å². The van der Waals surface area contributed by atoms with E-state index in [4.69, 9.17) is 4.84 Å². The maximum Gasteiger partial charge on any atom is 0.248 e. The highest BCUT2D eigenvalue weighted by Gasteiger charge is 2.24. The topological polar surface area (TPSA) is 50.4 Å². The molecule has 0 aromatic heterocycles. The van der Waals surface area contributed by atoms with Gasteiger partial charge in [0.2, 0.25) is 5.91 Å². The van der Waals surface area contributed by atoms with Crippen LogP contribution < -0.4 is 10.8 Å². The third-order valence-electron chi connectivity index (χ3n) is 2.71. The van der Waals surface area contributed by atoms with Gasteiger partial charge in [0.25, 0.3) is 0 Å². The minimum absolute atomic E-state index is 0.0520. The van der Waals surface area contributed by atoms with Crippen LogP contribution in [0.15, 0.2) is 24.3 Å². The molecule has 4 nitrogen and oxygen atoms in total. The fourth-order valence-electron chi connectivity index (χ4n) is 1.85. The van der Waals surface area contributed by atoms with Crippen molar-refractivity contribution >= 4 is 11.6 Å². The minimum atomic E-state index is -0.0542. The average molecular weight is 220 g/mol. The van der Waals surface area contributed by atoms with Crippen molar-refractivity contribution in [3.8, 4) is 0 Å². The first kappa shape index (κ1) is 11.0. The second-order valence-electron chi connectivity index (χ2n) is 3.84. The van der Waals surface area contributed by atoms with Gasteiger partial charge in [0.15, 0.2) is 0 Å². The molecule has 0 aliphatic carbocycles. The number of anilines is 1. The third kappa shape index (κ3) is 2.33. The number of hydroxylamine groups is 1. The zero-order valence-corrected chi connectivity index (χ0v) is 9.32. The molecule has 1 amide bonds. The summed E-state index contributed by atoms with van der Waals surface area (Å²) in [5.74, 6) is -0.106. The molecule has 1 aliphatic heterocycles. The largest absolute Gasteiger partial charge is 0.384 e. The van der Waals surface area contributed by atoms with Crippen molar-refractivity contribution in [3.63, 3.8) is 0 Å².